The highest BCUT2D eigenvalue weighted by molar-refractivity contribution is 4.89. The predicted molar refractivity (Wildman–Crippen MR) is 61.9 cm³/mol. The van der Waals surface area contributed by atoms with Gasteiger partial charge in [-0.15, -0.1) is 0 Å². The Morgan fingerprint density at radius 2 is 1.60 bits per heavy atom. The van der Waals surface area contributed by atoms with Gasteiger partial charge in [-0.2, -0.15) is 0 Å². The molecule has 2 fully saturated rings. The Bertz CT molecular complexity index is 186. The third-order valence-corrected chi connectivity index (χ3v) is 3.94. The number of hydrogen-bond acceptors (Lipinski definition) is 3. The van der Waals surface area contributed by atoms with Crippen LogP contribution in [0.5, 0.6) is 0 Å². The maximum Gasteiger partial charge on any atom is 0.0556 e. The third kappa shape index (κ3) is 3.16. The first-order valence-corrected chi connectivity index (χ1v) is 6.37. The summed E-state index contributed by atoms with van der Waals surface area (Å²) in [4.78, 5) is 2.60. The topological polar surface area (TPSA) is 35.5 Å². The van der Waals surface area contributed by atoms with E-state index < -0.39 is 0 Å². The van der Waals surface area contributed by atoms with E-state index in [-0.39, 0.29) is 6.61 Å². The van der Waals surface area contributed by atoms with Gasteiger partial charge in [0.05, 0.1) is 6.61 Å². The molecular weight excluding hydrogens is 188 g/mol. The zero-order valence-corrected chi connectivity index (χ0v) is 9.78. The van der Waals surface area contributed by atoms with Gasteiger partial charge < -0.3 is 15.3 Å². The van der Waals surface area contributed by atoms with Crippen LogP contribution in [0.3, 0.4) is 0 Å². The average Bonchev–Trinajstić information content (AvgIpc) is 3.10. The Kier molecular flexibility index (Phi) is 4.00. The van der Waals surface area contributed by atoms with Gasteiger partial charge in [-0.3, -0.25) is 0 Å². The van der Waals surface area contributed by atoms with Crippen LogP contribution in [0.4, 0.5) is 0 Å². The maximum atomic E-state index is 8.75. The molecule has 15 heavy (non-hydrogen) atoms. The Hall–Kier alpha value is -0.120. The molecule has 0 aliphatic heterocycles. The van der Waals surface area contributed by atoms with E-state index in [2.05, 4.69) is 17.3 Å². The Balaban J connectivity index is 1.67. The molecule has 2 N–H and O–H groups in total. The quantitative estimate of drug-likeness (QED) is 0.713. The van der Waals surface area contributed by atoms with Gasteiger partial charge in [-0.25, -0.2) is 0 Å². The molecule has 2 aliphatic carbocycles. The normalized spacial score (nSPS) is 32.2. The number of hydrogen-bond donors (Lipinski definition) is 2. The lowest BCUT2D eigenvalue weighted by Crippen LogP contribution is -2.42. The summed E-state index contributed by atoms with van der Waals surface area (Å²) in [7, 11) is 2.30. The number of aliphatic hydroxyl groups is 1. The highest BCUT2D eigenvalue weighted by Crippen LogP contribution is 2.32. The molecule has 0 saturated heterocycles. The molecule has 2 rings (SSSR count). The van der Waals surface area contributed by atoms with Crippen LogP contribution in [0.25, 0.3) is 0 Å². The lowest BCUT2D eigenvalue weighted by atomic mass is 9.90. The summed E-state index contributed by atoms with van der Waals surface area (Å²) < 4.78 is 0. The van der Waals surface area contributed by atoms with Crippen LogP contribution >= 0.6 is 0 Å². The zero-order chi connectivity index (χ0) is 10.7. The van der Waals surface area contributed by atoms with E-state index in [0.29, 0.717) is 6.04 Å². The van der Waals surface area contributed by atoms with Gasteiger partial charge >= 0.3 is 0 Å². The number of rotatable bonds is 5. The molecule has 88 valence electrons. The number of nitrogens with one attached hydrogen (secondary N) is 1. The SMILES string of the molecule is CN(C1CCC(NCCO)CC1)C1CC1. The van der Waals surface area contributed by atoms with Crippen LogP contribution < -0.4 is 5.32 Å². The second-order valence-electron chi connectivity index (χ2n) is 5.08. The second-order valence-corrected chi connectivity index (χ2v) is 5.08. The molecule has 3 nitrogen and oxygen atoms in total. The van der Waals surface area contributed by atoms with E-state index in [4.69, 9.17) is 5.11 Å². The zero-order valence-electron chi connectivity index (χ0n) is 9.78. The summed E-state index contributed by atoms with van der Waals surface area (Å²) in [6.45, 7) is 1.02. The first kappa shape index (κ1) is 11.4. The lowest BCUT2D eigenvalue weighted by Gasteiger charge is -2.35. The van der Waals surface area contributed by atoms with Crippen molar-refractivity contribution in [2.24, 2.45) is 0 Å². The van der Waals surface area contributed by atoms with Crippen molar-refractivity contribution in [2.45, 2.75) is 56.7 Å². The predicted octanol–water partition coefficient (Wildman–Crippen LogP) is 0.974. The van der Waals surface area contributed by atoms with Gasteiger partial charge in [-0.1, -0.05) is 0 Å². The van der Waals surface area contributed by atoms with Gasteiger partial charge in [-0.05, 0) is 45.6 Å². The van der Waals surface area contributed by atoms with Crippen molar-refractivity contribution in [3.8, 4) is 0 Å². The van der Waals surface area contributed by atoms with Crippen molar-refractivity contribution in [3.63, 3.8) is 0 Å². The van der Waals surface area contributed by atoms with E-state index in [9.17, 15) is 0 Å². The van der Waals surface area contributed by atoms with Crippen molar-refractivity contribution >= 4 is 0 Å². The molecule has 2 aliphatic rings. The fraction of sp³-hybridized carbons (Fsp3) is 1.00. The summed E-state index contributed by atoms with van der Waals surface area (Å²) in [6.07, 6.45) is 8.05. The molecule has 0 unspecified atom stereocenters. The minimum absolute atomic E-state index is 0.266. The summed E-state index contributed by atoms with van der Waals surface area (Å²) in [5, 5.41) is 12.2. The van der Waals surface area contributed by atoms with Crippen LogP contribution in [0, 0.1) is 0 Å². The van der Waals surface area contributed by atoms with Crippen molar-refractivity contribution in [1.82, 2.24) is 10.2 Å². The standard InChI is InChI=1S/C12H24N2O/c1-14(12-6-7-12)11-4-2-10(3-5-11)13-8-9-15/h10-13,15H,2-9H2,1H3. The van der Waals surface area contributed by atoms with Crippen LogP contribution in [0.1, 0.15) is 38.5 Å². The highest BCUT2D eigenvalue weighted by Gasteiger charge is 2.32. The van der Waals surface area contributed by atoms with E-state index in [1.165, 1.54) is 38.5 Å². The lowest BCUT2D eigenvalue weighted by molar-refractivity contribution is 0.164. The fourth-order valence-electron chi connectivity index (χ4n) is 2.74. The molecule has 0 aromatic heterocycles. The summed E-state index contributed by atoms with van der Waals surface area (Å²) >= 11 is 0. The molecule has 2 saturated carbocycles. The third-order valence-electron chi connectivity index (χ3n) is 3.94. The first-order chi connectivity index (χ1) is 7.31. The van der Waals surface area contributed by atoms with Gasteiger partial charge in [0.25, 0.3) is 0 Å². The van der Waals surface area contributed by atoms with E-state index in [1.54, 1.807) is 0 Å². The highest BCUT2D eigenvalue weighted by atomic mass is 16.3. The average molecular weight is 212 g/mol. The summed E-state index contributed by atoms with van der Waals surface area (Å²) in [6, 6.07) is 2.38. The van der Waals surface area contributed by atoms with Crippen LogP contribution in [0.2, 0.25) is 0 Å². The molecular formula is C12H24N2O. The van der Waals surface area contributed by atoms with Crippen molar-refractivity contribution in [3.05, 3.63) is 0 Å². The first-order valence-electron chi connectivity index (χ1n) is 6.37. The van der Waals surface area contributed by atoms with E-state index in [1.807, 2.05) is 0 Å². The van der Waals surface area contributed by atoms with Crippen LogP contribution in [0.15, 0.2) is 0 Å². The minimum Gasteiger partial charge on any atom is -0.395 e. The molecule has 0 aromatic carbocycles. The molecule has 0 amide bonds. The molecule has 0 bridgehead atoms. The fourth-order valence-corrected chi connectivity index (χ4v) is 2.74. The molecule has 0 atom stereocenters. The van der Waals surface area contributed by atoms with Crippen molar-refractivity contribution in [2.75, 3.05) is 20.2 Å². The van der Waals surface area contributed by atoms with E-state index in [0.717, 1.165) is 18.6 Å². The Morgan fingerprint density at radius 3 is 2.07 bits per heavy atom. The van der Waals surface area contributed by atoms with Gasteiger partial charge in [0.2, 0.25) is 0 Å². The van der Waals surface area contributed by atoms with Gasteiger partial charge in [0, 0.05) is 24.7 Å². The largest absolute Gasteiger partial charge is 0.395 e. The molecule has 0 spiro atoms. The van der Waals surface area contributed by atoms with Crippen LogP contribution in [-0.4, -0.2) is 48.3 Å². The maximum absolute atomic E-state index is 8.75. The molecule has 0 heterocycles. The van der Waals surface area contributed by atoms with Crippen molar-refractivity contribution in [1.29, 1.82) is 0 Å². The van der Waals surface area contributed by atoms with Crippen molar-refractivity contribution < 1.29 is 5.11 Å². The molecule has 0 radical (unpaired) electrons. The van der Waals surface area contributed by atoms with Crippen LogP contribution in [-0.2, 0) is 0 Å². The molecule has 0 aromatic rings. The number of aliphatic hydroxyl groups excluding tert-OH is 1. The number of nitrogens with zero attached hydrogens (tertiary/aromatic N) is 1. The van der Waals surface area contributed by atoms with Gasteiger partial charge in [0.15, 0.2) is 0 Å². The molecule has 3 heteroatoms. The van der Waals surface area contributed by atoms with Gasteiger partial charge in [0.1, 0.15) is 0 Å². The second kappa shape index (κ2) is 5.28. The monoisotopic (exact) mass is 212 g/mol. The minimum atomic E-state index is 0.266. The smallest absolute Gasteiger partial charge is 0.0556 e. The summed E-state index contributed by atoms with van der Waals surface area (Å²) in [5.41, 5.74) is 0. The summed E-state index contributed by atoms with van der Waals surface area (Å²) in [5.74, 6) is 0. The Labute approximate surface area is 92.8 Å². The Morgan fingerprint density at radius 1 is 1.07 bits per heavy atom. The van der Waals surface area contributed by atoms with E-state index >= 15 is 0 Å².